The van der Waals surface area contributed by atoms with Crippen LogP contribution in [0.2, 0.25) is 0 Å². The van der Waals surface area contributed by atoms with Crippen LogP contribution in [0.15, 0.2) is 29.8 Å². The summed E-state index contributed by atoms with van der Waals surface area (Å²) in [6, 6.07) is 9.27. The van der Waals surface area contributed by atoms with Crippen molar-refractivity contribution >= 4 is 29.6 Å². The van der Waals surface area contributed by atoms with Crippen LogP contribution in [0.1, 0.15) is 11.4 Å². The molecule has 9 nitrogen and oxygen atoms in total. The molecule has 2 rings (SSSR count). The zero-order valence-electron chi connectivity index (χ0n) is 15.7. The van der Waals surface area contributed by atoms with E-state index in [1.165, 1.54) is 6.08 Å². The number of aromatic nitrogens is 3. The Morgan fingerprint density at radius 2 is 1.81 bits per heavy atom. The lowest BCUT2D eigenvalue weighted by Gasteiger charge is -2.12. The Bertz CT molecular complexity index is 884. The number of nitrogens with zero attached hydrogens (tertiary/aromatic N) is 6. The summed E-state index contributed by atoms with van der Waals surface area (Å²) in [6.45, 7) is -0.217. The minimum Gasteiger partial charge on any atom is -0.453 e. The number of ether oxygens (including phenoxy) is 1. The predicted molar refractivity (Wildman–Crippen MR) is 103 cm³/mol. The van der Waals surface area contributed by atoms with E-state index in [1.807, 2.05) is 49.3 Å². The molecule has 140 valence electrons. The number of anilines is 3. The van der Waals surface area contributed by atoms with Crippen molar-refractivity contribution in [2.75, 3.05) is 43.7 Å². The van der Waals surface area contributed by atoms with Gasteiger partial charge in [0.1, 0.15) is 11.6 Å². The van der Waals surface area contributed by atoms with Gasteiger partial charge in [-0.05, 0) is 23.8 Å². The van der Waals surface area contributed by atoms with Gasteiger partial charge < -0.3 is 20.3 Å². The summed E-state index contributed by atoms with van der Waals surface area (Å²) >= 11 is 0. The monoisotopic (exact) mass is 367 g/mol. The van der Waals surface area contributed by atoms with Gasteiger partial charge in [-0.2, -0.15) is 20.2 Å². The van der Waals surface area contributed by atoms with Crippen LogP contribution >= 0.6 is 0 Å². The van der Waals surface area contributed by atoms with Gasteiger partial charge in [0.05, 0.1) is 0 Å². The Morgan fingerprint density at radius 3 is 2.37 bits per heavy atom. The van der Waals surface area contributed by atoms with E-state index in [0.717, 1.165) is 5.69 Å². The first-order valence-corrected chi connectivity index (χ1v) is 8.04. The lowest BCUT2D eigenvalue weighted by atomic mass is 10.1. The minimum absolute atomic E-state index is 0.0248. The van der Waals surface area contributed by atoms with Crippen LogP contribution in [-0.4, -0.2) is 49.1 Å². The van der Waals surface area contributed by atoms with Crippen LogP contribution < -0.4 is 15.5 Å². The zero-order valence-corrected chi connectivity index (χ0v) is 15.7. The lowest BCUT2D eigenvalue weighted by molar-refractivity contribution is -0.139. The van der Waals surface area contributed by atoms with E-state index in [-0.39, 0.29) is 24.0 Å². The standard InChI is InChI=1S/C18H21N7O2/c1-24(2)14-7-5-12(6-8-14)9-13(10-19)16(26)27-11-15-21-17(20)23-18(22-15)25(3)4/h5-9H,11H2,1-4H3,(H2,20,21,22,23)/b13-9+. The average molecular weight is 367 g/mol. The summed E-state index contributed by atoms with van der Waals surface area (Å²) in [6.07, 6.45) is 1.47. The quantitative estimate of drug-likeness (QED) is 0.456. The first-order chi connectivity index (χ1) is 12.8. The SMILES string of the molecule is CN(C)c1ccc(/C=C(\C#N)C(=O)OCc2nc(N)nc(N(C)C)n2)cc1. The Kier molecular flexibility index (Phi) is 6.27. The molecule has 0 aliphatic rings. The fourth-order valence-corrected chi connectivity index (χ4v) is 2.07. The highest BCUT2D eigenvalue weighted by atomic mass is 16.5. The summed E-state index contributed by atoms with van der Waals surface area (Å²) < 4.78 is 5.14. The molecule has 0 aliphatic heterocycles. The summed E-state index contributed by atoms with van der Waals surface area (Å²) in [4.78, 5) is 27.8. The van der Waals surface area contributed by atoms with Gasteiger partial charge in [0.25, 0.3) is 0 Å². The number of carbonyl (C=O) groups is 1. The van der Waals surface area contributed by atoms with Crippen LogP contribution in [-0.2, 0) is 16.1 Å². The molecule has 0 aliphatic carbocycles. The Labute approximate surface area is 157 Å². The summed E-state index contributed by atoms with van der Waals surface area (Å²) in [5.41, 5.74) is 7.23. The molecule has 0 saturated carbocycles. The fourth-order valence-electron chi connectivity index (χ4n) is 2.07. The number of esters is 1. The van der Waals surface area contributed by atoms with Gasteiger partial charge >= 0.3 is 5.97 Å². The largest absolute Gasteiger partial charge is 0.453 e. The van der Waals surface area contributed by atoms with Gasteiger partial charge in [0.15, 0.2) is 12.4 Å². The smallest absolute Gasteiger partial charge is 0.349 e. The maximum Gasteiger partial charge on any atom is 0.349 e. The van der Waals surface area contributed by atoms with E-state index in [1.54, 1.807) is 19.0 Å². The van der Waals surface area contributed by atoms with Gasteiger partial charge in [-0.1, -0.05) is 12.1 Å². The topological polar surface area (TPSA) is 121 Å². The van der Waals surface area contributed by atoms with E-state index < -0.39 is 5.97 Å². The van der Waals surface area contributed by atoms with Crippen molar-refractivity contribution in [2.45, 2.75) is 6.61 Å². The number of benzene rings is 1. The first kappa shape index (κ1) is 19.7. The molecule has 0 radical (unpaired) electrons. The molecule has 0 fully saturated rings. The molecule has 0 spiro atoms. The van der Waals surface area contributed by atoms with E-state index in [0.29, 0.717) is 11.5 Å². The summed E-state index contributed by atoms with van der Waals surface area (Å²) in [5.74, 6) is -0.186. The Morgan fingerprint density at radius 1 is 1.15 bits per heavy atom. The highest BCUT2D eigenvalue weighted by molar-refractivity contribution is 5.97. The van der Waals surface area contributed by atoms with Gasteiger partial charge in [-0.15, -0.1) is 0 Å². The van der Waals surface area contributed by atoms with E-state index in [2.05, 4.69) is 15.0 Å². The van der Waals surface area contributed by atoms with Crippen molar-refractivity contribution in [1.82, 2.24) is 15.0 Å². The van der Waals surface area contributed by atoms with Crippen LogP contribution in [0, 0.1) is 11.3 Å². The van der Waals surface area contributed by atoms with Crippen LogP contribution in [0.5, 0.6) is 0 Å². The highest BCUT2D eigenvalue weighted by Gasteiger charge is 2.13. The van der Waals surface area contributed by atoms with Crippen LogP contribution in [0.25, 0.3) is 6.08 Å². The number of nitrogen functional groups attached to an aromatic ring is 1. The number of rotatable bonds is 6. The number of nitriles is 1. The molecule has 0 bridgehead atoms. The summed E-state index contributed by atoms with van der Waals surface area (Å²) in [7, 11) is 7.36. The average Bonchev–Trinajstić information content (AvgIpc) is 2.64. The molecule has 0 saturated heterocycles. The second-order valence-electron chi connectivity index (χ2n) is 6.04. The lowest BCUT2D eigenvalue weighted by Crippen LogP contribution is -2.17. The third-order valence-corrected chi connectivity index (χ3v) is 3.48. The number of nitrogens with two attached hydrogens (primary N) is 1. The van der Waals surface area contributed by atoms with Crippen LogP contribution in [0.3, 0.4) is 0 Å². The maximum absolute atomic E-state index is 12.2. The molecular formula is C18H21N7O2. The van der Waals surface area contributed by atoms with Crippen molar-refractivity contribution in [3.8, 4) is 6.07 Å². The van der Waals surface area contributed by atoms with E-state index in [9.17, 15) is 10.1 Å². The Hall–Kier alpha value is -3.67. The van der Waals surface area contributed by atoms with E-state index in [4.69, 9.17) is 10.5 Å². The molecule has 27 heavy (non-hydrogen) atoms. The van der Waals surface area contributed by atoms with Gasteiger partial charge in [-0.25, -0.2) is 4.79 Å². The van der Waals surface area contributed by atoms with E-state index >= 15 is 0 Å². The molecule has 0 amide bonds. The molecular weight excluding hydrogens is 346 g/mol. The normalized spacial score (nSPS) is 10.9. The molecule has 2 aromatic rings. The molecule has 2 N–H and O–H groups in total. The molecule has 1 heterocycles. The number of carbonyl (C=O) groups excluding carboxylic acids is 1. The zero-order chi connectivity index (χ0) is 20.0. The fraction of sp³-hybridized carbons (Fsp3) is 0.278. The summed E-state index contributed by atoms with van der Waals surface area (Å²) in [5, 5.41) is 9.26. The molecule has 1 aromatic carbocycles. The third kappa shape index (κ3) is 5.40. The van der Waals surface area contributed by atoms with Crippen molar-refractivity contribution in [2.24, 2.45) is 0 Å². The van der Waals surface area contributed by atoms with Gasteiger partial charge in [-0.3, -0.25) is 0 Å². The van der Waals surface area contributed by atoms with Gasteiger partial charge in [0.2, 0.25) is 11.9 Å². The van der Waals surface area contributed by atoms with Crippen LogP contribution in [0.4, 0.5) is 17.6 Å². The third-order valence-electron chi connectivity index (χ3n) is 3.48. The molecule has 1 aromatic heterocycles. The molecule has 0 atom stereocenters. The molecule has 9 heteroatoms. The van der Waals surface area contributed by atoms with Crippen molar-refractivity contribution in [1.29, 1.82) is 5.26 Å². The maximum atomic E-state index is 12.2. The molecule has 0 unspecified atom stereocenters. The Balaban J connectivity index is 2.10. The second kappa shape index (κ2) is 8.62. The first-order valence-electron chi connectivity index (χ1n) is 8.04. The number of hydrogen-bond donors (Lipinski definition) is 1. The van der Waals surface area contributed by atoms with Crippen molar-refractivity contribution in [3.05, 3.63) is 41.2 Å². The minimum atomic E-state index is -0.764. The second-order valence-corrected chi connectivity index (χ2v) is 6.04. The number of hydrogen-bond acceptors (Lipinski definition) is 9. The van der Waals surface area contributed by atoms with Crippen molar-refractivity contribution < 1.29 is 9.53 Å². The predicted octanol–water partition coefficient (Wildman–Crippen LogP) is 1.24. The van der Waals surface area contributed by atoms with Crippen molar-refractivity contribution in [3.63, 3.8) is 0 Å². The highest BCUT2D eigenvalue weighted by Crippen LogP contribution is 2.15. The van der Waals surface area contributed by atoms with Gasteiger partial charge in [0, 0.05) is 33.9 Å².